The Bertz CT molecular complexity index is 654. The molecule has 0 atom stereocenters. The molecule has 0 radical (unpaired) electrons. The second kappa shape index (κ2) is 6.90. The quantitative estimate of drug-likeness (QED) is 0.911. The SMILES string of the molecule is CC(=O)NCc1ccc(C(=O)Nc2ccccc2Cl)cc1. The smallest absolute Gasteiger partial charge is 0.255 e. The maximum Gasteiger partial charge on any atom is 0.255 e. The van der Waals surface area contributed by atoms with E-state index in [1.807, 2.05) is 0 Å². The Hall–Kier alpha value is -2.33. The van der Waals surface area contributed by atoms with Crippen molar-refractivity contribution in [3.63, 3.8) is 0 Å². The highest BCUT2D eigenvalue weighted by molar-refractivity contribution is 6.33. The minimum atomic E-state index is -0.228. The van der Waals surface area contributed by atoms with E-state index in [0.29, 0.717) is 22.8 Å². The van der Waals surface area contributed by atoms with Crippen molar-refractivity contribution in [2.24, 2.45) is 0 Å². The second-order valence-electron chi connectivity index (χ2n) is 4.54. The molecule has 0 saturated heterocycles. The van der Waals surface area contributed by atoms with Crippen molar-refractivity contribution in [1.82, 2.24) is 5.32 Å². The lowest BCUT2D eigenvalue weighted by atomic mass is 10.1. The lowest BCUT2D eigenvalue weighted by Gasteiger charge is -2.08. The maximum absolute atomic E-state index is 12.1. The molecule has 2 rings (SSSR count). The summed E-state index contributed by atoms with van der Waals surface area (Å²) in [5, 5.41) is 5.95. The van der Waals surface area contributed by atoms with Gasteiger partial charge in [0.05, 0.1) is 10.7 Å². The monoisotopic (exact) mass is 302 g/mol. The second-order valence-corrected chi connectivity index (χ2v) is 4.95. The average Bonchev–Trinajstić information content (AvgIpc) is 2.48. The number of halogens is 1. The molecule has 0 bridgehead atoms. The molecular formula is C16H15ClN2O2. The molecular weight excluding hydrogens is 288 g/mol. The third-order valence-electron chi connectivity index (χ3n) is 2.88. The van der Waals surface area contributed by atoms with Crippen molar-refractivity contribution in [3.8, 4) is 0 Å². The van der Waals surface area contributed by atoms with Crippen LogP contribution in [0.3, 0.4) is 0 Å². The Morgan fingerprint density at radius 2 is 1.71 bits per heavy atom. The Kier molecular flexibility index (Phi) is 4.95. The molecule has 0 aliphatic carbocycles. The third-order valence-corrected chi connectivity index (χ3v) is 3.21. The van der Waals surface area contributed by atoms with Crippen LogP contribution in [0.2, 0.25) is 5.02 Å². The van der Waals surface area contributed by atoms with Gasteiger partial charge in [0, 0.05) is 19.0 Å². The van der Waals surface area contributed by atoms with Gasteiger partial charge in [-0.1, -0.05) is 35.9 Å². The third kappa shape index (κ3) is 4.33. The van der Waals surface area contributed by atoms with Crippen LogP contribution < -0.4 is 10.6 Å². The zero-order valence-corrected chi connectivity index (χ0v) is 12.3. The molecule has 0 heterocycles. The lowest BCUT2D eigenvalue weighted by Crippen LogP contribution is -2.19. The van der Waals surface area contributed by atoms with Gasteiger partial charge in [0.1, 0.15) is 0 Å². The molecule has 0 aliphatic rings. The van der Waals surface area contributed by atoms with Crippen LogP contribution in [0, 0.1) is 0 Å². The average molecular weight is 303 g/mol. The summed E-state index contributed by atoms with van der Waals surface area (Å²) in [6.07, 6.45) is 0. The first kappa shape index (κ1) is 15.1. The van der Waals surface area contributed by atoms with Crippen LogP contribution in [0.1, 0.15) is 22.8 Å². The molecule has 108 valence electrons. The van der Waals surface area contributed by atoms with Crippen LogP contribution in [-0.2, 0) is 11.3 Å². The number of nitrogens with one attached hydrogen (secondary N) is 2. The van der Waals surface area contributed by atoms with Gasteiger partial charge in [-0.2, -0.15) is 0 Å². The minimum absolute atomic E-state index is 0.0875. The van der Waals surface area contributed by atoms with Gasteiger partial charge in [0.2, 0.25) is 5.91 Å². The standard InChI is InChI=1S/C16H15ClN2O2/c1-11(20)18-10-12-6-8-13(9-7-12)16(21)19-15-5-3-2-4-14(15)17/h2-9H,10H2,1H3,(H,18,20)(H,19,21). The van der Waals surface area contributed by atoms with E-state index < -0.39 is 0 Å². The molecule has 21 heavy (non-hydrogen) atoms. The van der Waals surface area contributed by atoms with Gasteiger partial charge >= 0.3 is 0 Å². The molecule has 2 aromatic carbocycles. The fraction of sp³-hybridized carbons (Fsp3) is 0.125. The maximum atomic E-state index is 12.1. The van der Waals surface area contributed by atoms with Gasteiger partial charge in [0.25, 0.3) is 5.91 Å². The highest BCUT2D eigenvalue weighted by Gasteiger charge is 2.08. The van der Waals surface area contributed by atoms with Crippen molar-refractivity contribution < 1.29 is 9.59 Å². The Labute approximate surface area is 128 Å². The van der Waals surface area contributed by atoms with Crippen LogP contribution in [0.15, 0.2) is 48.5 Å². The lowest BCUT2D eigenvalue weighted by molar-refractivity contribution is -0.119. The zero-order chi connectivity index (χ0) is 15.2. The van der Waals surface area contributed by atoms with Crippen LogP contribution in [0.4, 0.5) is 5.69 Å². The number of carbonyl (C=O) groups excluding carboxylic acids is 2. The first-order chi connectivity index (χ1) is 10.1. The van der Waals surface area contributed by atoms with Gasteiger partial charge in [0.15, 0.2) is 0 Å². The molecule has 0 saturated carbocycles. The highest BCUT2D eigenvalue weighted by atomic mass is 35.5. The predicted octanol–water partition coefficient (Wildman–Crippen LogP) is 3.23. The number of anilines is 1. The topological polar surface area (TPSA) is 58.2 Å². The number of hydrogen-bond acceptors (Lipinski definition) is 2. The highest BCUT2D eigenvalue weighted by Crippen LogP contribution is 2.21. The van der Waals surface area contributed by atoms with E-state index in [9.17, 15) is 9.59 Å². The van der Waals surface area contributed by atoms with Crippen LogP contribution in [0.5, 0.6) is 0 Å². The molecule has 0 spiro atoms. The van der Waals surface area contributed by atoms with Gasteiger partial charge < -0.3 is 10.6 Å². The number of benzene rings is 2. The molecule has 4 nitrogen and oxygen atoms in total. The van der Waals surface area contributed by atoms with E-state index in [1.165, 1.54) is 6.92 Å². The normalized spacial score (nSPS) is 10.0. The Balaban J connectivity index is 2.03. The Morgan fingerprint density at radius 1 is 1.05 bits per heavy atom. The van der Waals surface area contributed by atoms with Crippen molar-refractivity contribution in [2.45, 2.75) is 13.5 Å². The molecule has 2 aromatic rings. The molecule has 0 unspecified atom stereocenters. The summed E-state index contributed by atoms with van der Waals surface area (Å²) in [4.78, 5) is 22.9. The van der Waals surface area contributed by atoms with E-state index in [1.54, 1.807) is 48.5 Å². The Morgan fingerprint density at radius 3 is 2.33 bits per heavy atom. The fourth-order valence-corrected chi connectivity index (χ4v) is 1.94. The molecule has 5 heteroatoms. The number of amides is 2. The minimum Gasteiger partial charge on any atom is -0.352 e. The van der Waals surface area contributed by atoms with Crippen molar-refractivity contribution in [2.75, 3.05) is 5.32 Å². The number of hydrogen-bond donors (Lipinski definition) is 2. The molecule has 0 fully saturated rings. The zero-order valence-electron chi connectivity index (χ0n) is 11.5. The van der Waals surface area contributed by atoms with Crippen molar-refractivity contribution in [1.29, 1.82) is 0 Å². The number of carbonyl (C=O) groups is 2. The van der Waals surface area contributed by atoms with Crippen LogP contribution in [-0.4, -0.2) is 11.8 Å². The first-order valence-corrected chi connectivity index (χ1v) is 6.83. The van der Waals surface area contributed by atoms with E-state index in [0.717, 1.165) is 5.56 Å². The summed E-state index contributed by atoms with van der Waals surface area (Å²) in [6.45, 7) is 1.91. The van der Waals surface area contributed by atoms with Crippen molar-refractivity contribution >= 4 is 29.1 Å². The van der Waals surface area contributed by atoms with Crippen LogP contribution in [0.25, 0.3) is 0 Å². The fourth-order valence-electron chi connectivity index (χ4n) is 1.76. The van der Waals surface area contributed by atoms with Gasteiger partial charge in [-0.3, -0.25) is 9.59 Å². The van der Waals surface area contributed by atoms with Crippen LogP contribution >= 0.6 is 11.6 Å². The van der Waals surface area contributed by atoms with Crippen molar-refractivity contribution in [3.05, 3.63) is 64.7 Å². The summed E-state index contributed by atoms with van der Waals surface area (Å²) >= 11 is 6.00. The number of rotatable bonds is 4. The molecule has 2 amide bonds. The van der Waals surface area contributed by atoms with E-state index in [-0.39, 0.29) is 11.8 Å². The molecule has 0 aromatic heterocycles. The molecule has 2 N–H and O–H groups in total. The van der Waals surface area contributed by atoms with Gasteiger partial charge in [-0.05, 0) is 29.8 Å². The number of para-hydroxylation sites is 1. The van der Waals surface area contributed by atoms with E-state index >= 15 is 0 Å². The summed E-state index contributed by atoms with van der Waals surface area (Å²) < 4.78 is 0. The van der Waals surface area contributed by atoms with E-state index in [2.05, 4.69) is 10.6 Å². The largest absolute Gasteiger partial charge is 0.352 e. The van der Waals surface area contributed by atoms with E-state index in [4.69, 9.17) is 11.6 Å². The van der Waals surface area contributed by atoms with Gasteiger partial charge in [-0.25, -0.2) is 0 Å². The summed E-state index contributed by atoms with van der Waals surface area (Å²) in [5.74, 6) is -0.315. The summed E-state index contributed by atoms with van der Waals surface area (Å²) in [6, 6.07) is 14.1. The predicted molar refractivity (Wildman–Crippen MR) is 83.4 cm³/mol. The molecule has 0 aliphatic heterocycles. The van der Waals surface area contributed by atoms with Gasteiger partial charge in [-0.15, -0.1) is 0 Å². The summed E-state index contributed by atoms with van der Waals surface area (Å²) in [5.41, 5.74) is 2.03. The summed E-state index contributed by atoms with van der Waals surface area (Å²) in [7, 11) is 0. The first-order valence-electron chi connectivity index (χ1n) is 6.45.